The van der Waals surface area contributed by atoms with Crippen LogP contribution < -0.4 is 5.32 Å². The van der Waals surface area contributed by atoms with Gasteiger partial charge >= 0.3 is 0 Å². The van der Waals surface area contributed by atoms with Crippen LogP contribution in [-0.4, -0.2) is 23.4 Å². The second kappa shape index (κ2) is 6.58. The number of nitrogens with one attached hydrogen (secondary N) is 1. The van der Waals surface area contributed by atoms with Crippen LogP contribution in [0.1, 0.15) is 21.7 Å². The minimum Gasteiger partial charge on any atom is -0.337 e. The Bertz CT molecular complexity index is 653. The van der Waals surface area contributed by atoms with Crippen molar-refractivity contribution in [2.75, 3.05) is 6.54 Å². The molecule has 5 heteroatoms. The number of hydrogen-bond donors (Lipinski definition) is 1. The number of amides is 1. The van der Waals surface area contributed by atoms with Gasteiger partial charge in [-0.1, -0.05) is 12.1 Å². The van der Waals surface area contributed by atoms with Crippen molar-refractivity contribution in [1.29, 1.82) is 0 Å². The van der Waals surface area contributed by atoms with Crippen LogP contribution >= 0.6 is 11.3 Å². The van der Waals surface area contributed by atoms with Gasteiger partial charge < -0.3 is 10.2 Å². The normalized spacial score (nSPS) is 18.2. The van der Waals surface area contributed by atoms with Crippen molar-refractivity contribution >= 4 is 17.2 Å². The SMILES string of the molecule is Cc1ccc(CN[C@H]2CC(=O)N(Cc3ccc(F)cc3)C2)s1. The summed E-state index contributed by atoms with van der Waals surface area (Å²) < 4.78 is 12.9. The summed E-state index contributed by atoms with van der Waals surface area (Å²) in [6.07, 6.45) is 0.533. The van der Waals surface area contributed by atoms with Crippen LogP contribution in [0.4, 0.5) is 4.39 Å². The Morgan fingerprint density at radius 3 is 2.73 bits per heavy atom. The second-order valence-corrected chi connectivity index (χ2v) is 7.07. The van der Waals surface area contributed by atoms with E-state index < -0.39 is 0 Å². The summed E-state index contributed by atoms with van der Waals surface area (Å²) in [6, 6.07) is 10.8. The van der Waals surface area contributed by atoms with Gasteiger partial charge in [0.2, 0.25) is 5.91 Å². The number of benzene rings is 1. The molecule has 116 valence electrons. The molecule has 1 atom stereocenters. The maximum absolute atomic E-state index is 12.9. The summed E-state index contributed by atoms with van der Waals surface area (Å²) in [7, 11) is 0. The van der Waals surface area contributed by atoms with Crippen molar-refractivity contribution in [3.63, 3.8) is 0 Å². The van der Waals surface area contributed by atoms with E-state index in [1.807, 2.05) is 4.90 Å². The van der Waals surface area contributed by atoms with E-state index in [1.165, 1.54) is 21.9 Å². The fourth-order valence-electron chi connectivity index (χ4n) is 2.70. The first-order chi connectivity index (χ1) is 10.6. The van der Waals surface area contributed by atoms with Crippen molar-refractivity contribution in [2.45, 2.75) is 32.5 Å². The quantitative estimate of drug-likeness (QED) is 0.919. The molecule has 2 aromatic rings. The molecule has 1 amide bonds. The molecule has 1 fully saturated rings. The Balaban J connectivity index is 1.53. The van der Waals surface area contributed by atoms with Crippen LogP contribution in [0.2, 0.25) is 0 Å². The van der Waals surface area contributed by atoms with Crippen LogP contribution in [0.3, 0.4) is 0 Å². The lowest BCUT2D eigenvalue weighted by atomic mass is 10.2. The van der Waals surface area contributed by atoms with Crippen LogP contribution in [0.25, 0.3) is 0 Å². The van der Waals surface area contributed by atoms with Crippen molar-refractivity contribution in [3.8, 4) is 0 Å². The van der Waals surface area contributed by atoms with E-state index in [4.69, 9.17) is 0 Å². The lowest BCUT2D eigenvalue weighted by Gasteiger charge is -2.17. The molecule has 0 aliphatic carbocycles. The molecule has 0 spiro atoms. The number of likely N-dealkylation sites (tertiary alicyclic amines) is 1. The molecule has 0 bridgehead atoms. The number of aryl methyl sites for hydroxylation is 1. The van der Waals surface area contributed by atoms with Gasteiger partial charge in [0, 0.05) is 41.9 Å². The van der Waals surface area contributed by atoms with E-state index in [2.05, 4.69) is 24.4 Å². The lowest BCUT2D eigenvalue weighted by molar-refractivity contribution is -0.128. The minimum atomic E-state index is -0.248. The molecule has 2 heterocycles. The average Bonchev–Trinajstić information content (AvgIpc) is 3.06. The predicted molar refractivity (Wildman–Crippen MR) is 86.1 cm³/mol. The molecule has 1 N–H and O–H groups in total. The molecular formula is C17H19FN2OS. The van der Waals surface area contributed by atoms with Gasteiger partial charge in [-0.05, 0) is 36.8 Å². The number of rotatable bonds is 5. The fourth-order valence-corrected chi connectivity index (χ4v) is 3.54. The maximum atomic E-state index is 12.9. The molecule has 22 heavy (non-hydrogen) atoms. The molecule has 1 aliphatic heterocycles. The highest BCUT2D eigenvalue weighted by Crippen LogP contribution is 2.18. The third-order valence-corrected chi connectivity index (χ3v) is 4.86. The topological polar surface area (TPSA) is 32.3 Å². The fraction of sp³-hybridized carbons (Fsp3) is 0.353. The maximum Gasteiger partial charge on any atom is 0.224 e. The smallest absolute Gasteiger partial charge is 0.224 e. The van der Waals surface area contributed by atoms with Gasteiger partial charge in [0.05, 0.1) is 0 Å². The molecule has 3 rings (SSSR count). The first kappa shape index (κ1) is 15.2. The number of thiophene rings is 1. The number of carbonyl (C=O) groups excluding carboxylic acids is 1. The highest BCUT2D eigenvalue weighted by Gasteiger charge is 2.29. The number of hydrogen-bond acceptors (Lipinski definition) is 3. The standard InChI is InChI=1S/C17H19FN2OS/c1-12-2-7-16(22-12)9-19-15-8-17(21)20(11-15)10-13-3-5-14(18)6-4-13/h2-7,15,19H,8-11H2,1H3/t15-/m0/s1. The summed E-state index contributed by atoms with van der Waals surface area (Å²) in [6.45, 7) is 4.16. The molecule has 0 unspecified atom stereocenters. The van der Waals surface area contributed by atoms with Crippen molar-refractivity contribution in [2.24, 2.45) is 0 Å². The Hall–Kier alpha value is -1.72. The van der Waals surface area contributed by atoms with Crippen molar-refractivity contribution in [1.82, 2.24) is 10.2 Å². The molecule has 1 aromatic carbocycles. The highest BCUT2D eigenvalue weighted by molar-refractivity contribution is 7.11. The van der Waals surface area contributed by atoms with E-state index in [1.54, 1.807) is 23.5 Å². The monoisotopic (exact) mass is 318 g/mol. The summed E-state index contributed by atoms with van der Waals surface area (Å²) in [5, 5.41) is 3.45. The van der Waals surface area contributed by atoms with Crippen molar-refractivity contribution in [3.05, 3.63) is 57.5 Å². The number of halogens is 1. The molecule has 3 nitrogen and oxygen atoms in total. The molecule has 0 saturated carbocycles. The molecule has 1 saturated heterocycles. The Morgan fingerprint density at radius 2 is 2.05 bits per heavy atom. The molecule has 1 aromatic heterocycles. The van der Waals surface area contributed by atoms with E-state index in [0.29, 0.717) is 19.5 Å². The Kier molecular flexibility index (Phi) is 4.55. The van der Waals surface area contributed by atoms with E-state index in [-0.39, 0.29) is 17.8 Å². The summed E-state index contributed by atoms with van der Waals surface area (Å²) in [5.74, 6) is -0.0912. The zero-order valence-electron chi connectivity index (χ0n) is 12.5. The van der Waals surface area contributed by atoms with Crippen LogP contribution in [-0.2, 0) is 17.9 Å². The zero-order valence-corrected chi connectivity index (χ0v) is 13.3. The molecule has 0 radical (unpaired) electrons. The average molecular weight is 318 g/mol. The largest absolute Gasteiger partial charge is 0.337 e. The lowest BCUT2D eigenvalue weighted by Crippen LogP contribution is -2.32. The number of carbonyl (C=O) groups is 1. The van der Waals surface area contributed by atoms with Gasteiger partial charge in [0.25, 0.3) is 0 Å². The van der Waals surface area contributed by atoms with Crippen LogP contribution in [0.15, 0.2) is 36.4 Å². The summed E-state index contributed by atoms with van der Waals surface area (Å²) in [5.41, 5.74) is 0.962. The van der Waals surface area contributed by atoms with Gasteiger partial charge in [-0.25, -0.2) is 4.39 Å². The molecule has 1 aliphatic rings. The molecular weight excluding hydrogens is 299 g/mol. The minimum absolute atomic E-state index is 0.157. The predicted octanol–water partition coefficient (Wildman–Crippen LogP) is 3.09. The van der Waals surface area contributed by atoms with E-state index in [0.717, 1.165) is 12.1 Å². The summed E-state index contributed by atoms with van der Waals surface area (Å²) in [4.78, 5) is 16.5. The highest BCUT2D eigenvalue weighted by atomic mass is 32.1. The first-order valence-corrected chi connectivity index (χ1v) is 8.23. The van der Waals surface area contributed by atoms with Gasteiger partial charge in [-0.2, -0.15) is 0 Å². The van der Waals surface area contributed by atoms with Crippen LogP contribution in [0.5, 0.6) is 0 Å². The third kappa shape index (κ3) is 3.72. The van der Waals surface area contributed by atoms with Crippen LogP contribution in [0, 0.1) is 12.7 Å². The van der Waals surface area contributed by atoms with E-state index in [9.17, 15) is 9.18 Å². The van der Waals surface area contributed by atoms with Gasteiger partial charge in [0.15, 0.2) is 0 Å². The Morgan fingerprint density at radius 1 is 1.27 bits per heavy atom. The third-order valence-electron chi connectivity index (χ3n) is 3.86. The Labute approximate surface area is 133 Å². The van der Waals surface area contributed by atoms with E-state index >= 15 is 0 Å². The first-order valence-electron chi connectivity index (χ1n) is 7.41. The van der Waals surface area contributed by atoms with Crippen molar-refractivity contribution < 1.29 is 9.18 Å². The van der Waals surface area contributed by atoms with Gasteiger partial charge in [0.1, 0.15) is 5.82 Å². The summed E-state index contributed by atoms with van der Waals surface area (Å²) >= 11 is 1.78. The zero-order chi connectivity index (χ0) is 15.5. The van der Waals surface area contributed by atoms with Gasteiger partial charge in [-0.15, -0.1) is 11.3 Å². The number of nitrogens with zero attached hydrogens (tertiary/aromatic N) is 1. The second-order valence-electron chi connectivity index (χ2n) is 5.70. The van der Waals surface area contributed by atoms with Gasteiger partial charge in [-0.3, -0.25) is 4.79 Å².